The fourth-order valence-electron chi connectivity index (χ4n) is 3.47. The van der Waals surface area contributed by atoms with E-state index >= 15 is 0 Å². The van der Waals surface area contributed by atoms with Gasteiger partial charge in [-0.1, -0.05) is 50.1 Å². The Morgan fingerprint density at radius 1 is 1.17 bits per heavy atom. The van der Waals surface area contributed by atoms with E-state index in [-0.39, 0.29) is 5.91 Å². The van der Waals surface area contributed by atoms with E-state index in [1.807, 2.05) is 29.2 Å². The number of aromatic amines is 1. The number of rotatable bonds is 12. The first kappa shape index (κ1) is 22.8. The maximum atomic E-state index is 13.2. The van der Waals surface area contributed by atoms with Crippen LogP contribution < -0.4 is 0 Å². The summed E-state index contributed by atoms with van der Waals surface area (Å²) < 4.78 is 5.44. The Bertz CT molecular complexity index is 732. The number of aromatic nitrogens is 3. The number of carbonyl (C=O) groups is 1. The number of hydrogen-bond acceptors (Lipinski definition) is 6. The summed E-state index contributed by atoms with van der Waals surface area (Å²) in [4.78, 5) is 21.7. The van der Waals surface area contributed by atoms with Gasteiger partial charge in [0.1, 0.15) is 6.33 Å². The van der Waals surface area contributed by atoms with E-state index in [0.717, 1.165) is 74.4 Å². The fraction of sp³-hybridized carbons (Fsp3) is 0.591. The van der Waals surface area contributed by atoms with Gasteiger partial charge in [0.15, 0.2) is 5.16 Å². The standard InChI is InChI=1S/C22H33N5O2S/c1-2-3-4-5-10-27(12-11-26-13-15-29-16-14-26)21(28)20-8-6-19(7-9-20)17-30-22-23-18-24-25-22/h6-9,18H,2-5,10-17H2,1H3,(H,23,24,25). The fourth-order valence-corrected chi connectivity index (χ4v) is 4.21. The second-order valence-corrected chi connectivity index (χ2v) is 8.55. The number of carbonyl (C=O) groups excluding carboxylic acids is 1. The average Bonchev–Trinajstić information content (AvgIpc) is 3.31. The molecular weight excluding hydrogens is 398 g/mol. The molecule has 7 nitrogen and oxygen atoms in total. The van der Waals surface area contributed by atoms with E-state index in [4.69, 9.17) is 4.74 Å². The Morgan fingerprint density at radius 2 is 1.97 bits per heavy atom. The second-order valence-electron chi connectivity index (χ2n) is 7.58. The monoisotopic (exact) mass is 431 g/mol. The number of hydrogen-bond donors (Lipinski definition) is 1. The number of thioether (sulfide) groups is 1. The zero-order valence-electron chi connectivity index (χ0n) is 17.9. The van der Waals surface area contributed by atoms with Crippen LogP contribution in [0.4, 0.5) is 0 Å². The van der Waals surface area contributed by atoms with Crippen LogP contribution in [0, 0.1) is 0 Å². The molecule has 2 heterocycles. The quantitative estimate of drug-likeness (QED) is 0.410. The van der Waals surface area contributed by atoms with Crippen molar-refractivity contribution in [2.24, 2.45) is 0 Å². The van der Waals surface area contributed by atoms with Gasteiger partial charge >= 0.3 is 0 Å². The minimum atomic E-state index is 0.134. The van der Waals surface area contributed by atoms with Crippen molar-refractivity contribution in [1.29, 1.82) is 0 Å². The smallest absolute Gasteiger partial charge is 0.253 e. The molecule has 0 bridgehead atoms. The minimum absolute atomic E-state index is 0.134. The van der Waals surface area contributed by atoms with Crippen LogP contribution in [-0.4, -0.2) is 76.8 Å². The molecule has 8 heteroatoms. The summed E-state index contributed by atoms with van der Waals surface area (Å²) in [5.41, 5.74) is 1.93. The van der Waals surface area contributed by atoms with Gasteiger partial charge in [0.25, 0.3) is 5.91 Å². The van der Waals surface area contributed by atoms with Crippen LogP contribution in [0.25, 0.3) is 0 Å². The van der Waals surface area contributed by atoms with E-state index in [1.54, 1.807) is 11.8 Å². The highest BCUT2D eigenvalue weighted by atomic mass is 32.2. The molecule has 1 aliphatic heterocycles. The summed E-state index contributed by atoms with van der Waals surface area (Å²) in [5.74, 6) is 0.927. The average molecular weight is 432 g/mol. The summed E-state index contributed by atoms with van der Waals surface area (Å²) in [6.07, 6.45) is 6.18. The molecule has 1 aromatic carbocycles. The van der Waals surface area contributed by atoms with E-state index in [0.29, 0.717) is 0 Å². The van der Waals surface area contributed by atoms with Crippen LogP contribution in [-0.2, 0) is 10.5 Å². The number of morpholine rings is 1. The van der Waals surface area contributed by atoms with Crippen molar-refractivity contribution in [3.63, 3.8) is 0 Å². The maximum absolute atomic E-state index is 13.2. The first-order valence-corrected chi connectivity index (χ1v) is 11.9. The van der Waals surface area contributed by atoms with Crippen molar-refractivity contribution >= 4 is 17.7 Å². The van der Waals surface area contributed by atoms with Crippen LogP contribution >= 0.6 is 11.8 Å². The van der Waals surface area contributed by atoms with E-state index in [9.17, 15) is 4.79 Å². The predicted molar refractivity (Wildman–Crippen MR) is 120 cm³/mol. The molecule has 0 radical (unpaired) electrons. The highest BCUT2D eigenvalue weighted by Gasteiger charge is 2.18. The molecule has 0 atom stereocenters. The summed E-state index contributed by atoms with van der Waals surface area (Å²) >= 11 is 1.60. The maximum Gasteiger partial charge on any atom is 0.253 e. The lowest BCUT2D eigenvalue weighted by Gasteiger charge is -2.30. The van der Waals surface area contributed by atoms with Gasteiger partial charge in [-0.15, -0.1) is 0 Å². The molecule has 1 saturated heterocycles. The van der Waals surface area contributed by atoms with Gasteiger partial charge in [0.2, 0.25) is 0 Å². The lowest BCUT2D eigenvalue weighted by Crippen LogP contribution is -2.43. The number of benzene rings is 1. The normalized spacial score (nSPS) is 14.7. The van der Waals surface area contributed by atoms with Crippen LogP contribution in [0.3, 0.4) is 0 Å². The Kier molecular flexibility index (Phi) is 9.66. The van der Waals surface area contributed by atoms with E-state index in [1.165, 1.54) is 25.6 Å². The van der Waals surface area contributed by atoms with Crippen LogP contribution in [0.2, 0.25) is 0 Å². The Hall–Kier alpha value is -1.90. The van der Waals surface area contributed by atoms with Crippen molar-refractivity contribution in [1.82, 2.24) is 25.0 Å². The molecule has 1 aliphatic rings. The van der Waals surface area contributed by atoms with Crippen LogP contribution in [0.1, 0.15) is 48.5 Å². The first-order chi connectivity index (χ1) is 14.8. The van der Waals surface area contributed by atoms with Gasteiger partial charge in [-0.05, 0) is 24.1 Å². The minimum Gasteiger partial charge on any atom is -0.379 e. The topological polar surface area (TPSA) is 74.3 Å². The Balaban J connectivity index is 1.55. The third-order valence-corrected chi connectivity index (χ3v) is 6.28. The lowest BCUT2D eigenvalue weighted by molar-refractivity contribution is 0.0324. The third kappa shape index (κ3) is 7.41. The number of nitrogens with zero attached hydrogens (tertiary/aromatic N) is 4. The molecular formula is C22H33N5O2S. The second kappa shape index (κ2) is 12.7. The van der Waals surface area contributed by atoms with E-state index < -0.39 is 0 Å². The summed E-state index contributed by atoms with van der Waals surface area (Å²) in [7, 11) is 0. The Morgan fingerprint density at radius 3 is 2.67 bits per heavy atom. The molecule has 3 rings (SSSR count). The zero-order valence-corrected chi connectivity index (χ0v) is 18.7. The van der Waals surface area contributed by atoms with Gasteiger partial charge in [0, 0.05) is 44.0 Å². The van der Waals surface area contributed by atoms with E-state index in [2.05, 4.69) is 27.0 Å². The summed E-state index contributed by atoms with van der Waals surface area (Å²) in [5, 5.41) is 7.51. The number of nitrogens with one attached hydrogen (secondary N) is 1. The number of unbranched alkanes of at least 4 members (excludes halogenated alkanes) is 3. The molecule has 1 fully saturated rings. The molecule has 2 aromatic rings. The van der Waals surface area contributed by atoms with Gasteiger partial charge in [-0.3, -0.25) is 14.8 Å². The van der Waals surface area contributed by atoms with Crippen molar-refractivity contribution < 1.29 is 9.53 Å². The molecule has 0 spiro atoms. The summed E-state index contributed by atoms with van der Waals surface area (Å²) in [6, 6.07) is 7.97. The van der Waals surface area contributed by atoms with Crippen molar-refractivity contribution in [2.45, 2.75) is 43.5 Å². The lowest BCUT2D eigenvalue weighted by atomic mass is 10.1. The molecule has 1 aromatic heterocycles. The molecule has 0 unspecified atom stereocenters. The van der Waals surface area contributed by atoms with Crippen molar-refractivity contribution in [3.8, 4) is 0 Å². The first-order valence-electron chi connectivity index (χ1n) is 10.9. The zero-order chi connectivity index (χ0) is 21.0. The van der Waals surface area contributed by atoms with Crippen LogP contribution in [0.15, 0.2) is 35.7 Å². The largest absolute Gasteiger partial charge is 0.379 e. The molecule has 0 aliphatic carbocycles. The van der Waals surface area contributed by atoms with Crippen molar-refractivity contribution in [2.75, 3.05) is 45.9 Å². The van der Waals surface area contributed by atoms with Gasteiger partial charge < -0.3 is 9.64 Å². The third-order valence-electron chi connectivity index (χ3n) is 5.33. The van der Waals surface area contributed by atoms with Crippen molar-refractivity contribution in [3.05, 3.63) is 41.7 Å². The van der Waals surface area contributed by atoms with Gasteiger partial charge in [-0.25, -0.2) is 4.98 Å². The molecule has 164 valence electrons. The SMILES string of the molecule is CCCCCCN(CCN1CCOCC1)C(=O)c1ccc(CSc2ncn[nH]2)cc1. The molecule has 30 heavy (non-hydrogen) atoms. The highest BCUT2D eigenvalue weighted by Crippen LogP contribution is 2.19. The molecule has 1 N–H and O–H groups in total. The number of amides is 1. The Labute approximate surface area is 183 Å². The summed E-state index contributed by atoms with van der Waals surface area (Å²) in [6.45, 7) is 8.21. The van der Waals surface area contributed by atoms with Crippen LogP contribution in [0.5, 0.6) is 0 Å². The van der Waals surface area contributed by atoms with Gasteiger partial charge in [-0.2, -0.15) is 5.10 Å². The number of H-pyrrole nitrogens is 1. The predicted octanol–water partition coefficient (Wildman–Crippen LogP) is 3.45. The molecule has 1 amide bonds. The molecule has 0 saturated carbocycles. The number of ether oxygens (including phenoxy) is 1. The van der Waals surface area contributed by atoms with Gasteiger partial charge in [0.05, 0.1) is 13.2 Å². The highest BCUT2D eigenvalue weighted by molar-refractivity contribution is 7.98.